The van der Waals surface area contributed by atoms with E-state index in [9.17, 15) is 9.90 Å². The average Bonchev–Trinajstić information content (AvgIpc) is 3.57. The number of aliphatic hydroxyl groups excluding tert-OH is 1. The normalized spacial score (nSPS) is 54.6. The molecule has 0 aromatic rings. The largest absolute Gasteiger partial charge is 0.463 e. The van der Waals surface area contributed by atoms with Gasteiger partial charge in [-0.3, -0.25) is 9.69 Å². The third-order valence-corrected chi connectivity index (χ3v) is 15.8. The number of ether oxygens (including phenoxy) is 5. The fourth-order valence-corrected chi connectivity index (χ4v) is 13.6. The maximum atomic E-state index is 12.4. The summed E-state index contributed by atoms with van der Waals surface area (Å²) in [4.78, 5) is 14.1. The number of rotatable bonds is 5. The lowest BCUT2D eigenvalue weighted by molar-refractivity contribution is -0.256. The third kappa shape index (κ3) is 3.93. The van der Waals surface area contributed by atoms with Crippen molar-refractivity contribution in [2.75, 3.05) is 39.5 Å². The van der Waals surface area contributed by atoms with E-state index in [1.807, 2.05) is 0 Å². The number of carbonyl (C=O) groups excluding carboxylic acids is 1. The molecule has 0 bridgehead atoms. The SMILES string of the molecule is CC(=O)OCC1C[C@@H](C)[C@H]2C(O1)[C@H](O)[C@@]1(C)C3CC[C@H]4C(C)(C)[C@@H](O[C@H]5CN(C6COC6)CCO5)CC[C@@]45C[C@@]35CC[C@]21C. The molecule has 248 valence electrons. The molecular weight excluding hydrogens is 558 g/mol. The molecule has 44 heavy (non-hydrogen) atoms. The zero-order chi connectivity index (χ0) is 30.9. The summed E-state index contributed by atoms with van der Waals surface area (Å²) >= 11 is 0. The van der Waals surface area contributed by atoms with Crippen LogP contribution in [0, 0.1) is 50.7 Å². The quantitative estimate of drug-likeness (QED) is 0.442. The molecule has 13 atom stereocenters. The summed E-state index contributed by atoms with van der Waals surface area (Å²) < 4.78 is 30.6. The minimum absolute atomic E-state index is 0.0426. The van der Waals surface area contributed by atoms with E-state index in [4.69, 9.17) is 23.7 Å². The Hall–Kier alpha value is -0.770. The fraction of sp³-hybridized carbons (Fsp3) is 0.972. The lowest BCUT2D eigenvalue weighted by Gasteiger charge is -2.64. The first-order valence-electron chi connectivity index (χ1n) is 17.9. The molecular formula is C36H57NO7. The van der Waals surface area contributed by atoms with Crippen LogP contribution >= 0.6 is 0 Å². The minimum Gasteiger partial charge on any atom is -0.463 e. The highest BCUT2D eigenvalue weighted by atomic mass is 16.7. The average molecular weight is 616 g/mol. The zero-order valence-corrected chi connectivity index (χ0v) is 28.0. The monoisotopic (exact) mass is 615 g/mol. The number of hydrogen-bond acceptors (Lipinski definition) is 8. The first-order chi connectivity index (χ1) is 20.9. The number of fused-ring (bicyclic) bond motifs is 4. The smallest absolute Gasteiger partial charge is 0.302 e. The Balaban J connectivity index is 1.02. The maximum absolute atomic E-state index is 12.4. The van der Waals surface area contributed by atoms with Crippen LogP contribution in [-0.2, 0) is 28.5 Å². The van der Waals surface area contributed by atoms with Gasteiger partial charge in [-0.15, -0.1) is 0 Å². The van der Waals surface area contributed by atoms with E-state index in [1.54, 1.807) is 0 Å². The van der Waals surface area contributed by atoms with Crippen LogP contribution in [0.25, 0.3) is 0 Å². The van der Waals surface area contributed by atoms with Gasteiger partial charge >= 0.3 is 5.97 Å². The molecule has 1 N–H and O–H groups in total. The summed E-state index contributed by atoms with van der Waals surface area (Å²) in [7, 11) is 0. The van der Waals surface area contributed by atoms with Gasteiger partial charge in [0, 0.05) is 18.9 Å². The minimum atomic E-state index is -0.489. The molecule has 3 unspecified atom stereocenters. The van der Waals surface area contributed by atoms with E-state index in [2.05, 4.69) is 39.5 Å². The molecule has 3 heterocycles. The van der Waals surface area contributed by atoms with Crippen LogP contribution in [0.15, 0.2) is 0 Å². The molecule has 5 aliphatic carbocycles. The Morgan fingerprint density at radius 1 is 1.02 bits per heavy atom. The topological polar surface area (TPSA) is 86.7 Å². The molecule has 8 aliphatic rings. The standard InChI is InChI=1S/C36H57NO7/c1-21-15-24(19-42-22(2)38)43-30-29(21)33(5)11-12-36-20-35(36)10-9-27(44-28-16-37(13-14-41-28)23-17-40-18-23)32(3,4)25(35)7-8-26(36)34(33,6)31(30)39/h21,23-31,39H,7-20H2,1-6H3/t21-,24?,25+,26?,27+,28+,29+,30?,31+,33-,34-,35-,36+/m1/s1. The van der Waals surface area contributed by atoms with Crippen molar-refractivity contribution >= 4 is 5.97 Å². The lowest BCUT2D eigenvalue weighted by Crippen LogP contribution is -2.60. The Bertz CT molecular complexity index is 1160. The predicted octanol–water partition coefficient (Wildman–Crippen LogP) is 4.81. The van der Waals surface area contributed by atoms with Gasteiger partial charge in [-0.1, -0.05) is 34.6 Å². The molecule has 8 rings (SSSR count). The summed E-state index contributed by atoms with van der Waals surface area (Å²) in [6.45, 7) is 18.3. The van der Waals surface area contributed by atoms with Crippen molar-refractivity contribution < 1.29 is 33.6 Å². The number of carbonyl (C=O) groups is 1. The molecule has 0 radical (unpaired) electrons. The van der Waals surface area contributed by atoms with Gasteiger partial charge in [-0.05, 0) is 96.7 Å². The van der Waals surface area contributed by atoms with Gasteiger partial charge in [-0.2, -0.15) is 0 Å². The van der Waals surface area contributed by atoms with E-state index in [0.29, 0.717) is 47.2 Å². The molecule has 8 fully saturated rings. The van der Waals surface area contributed by atoms with Gasteiger partial charge in [0.2, 0.25) is 0 Å². The molecule has 8 nitrogen and oxygen atoms in total. The summed E-state index contributed by atoms with van der Waals surface area (Å²) in [6, 6.07) is 0.524. The molecule has 0 aromatic heterocycles. The van der Waals surface area contributed by atoms with Gasteiger partial charge in [0.15, 0.2) is 6.29 Å². The lowest BCUT2D eigenvalue weighted by atomic mass is 9.41. The van der Waals surface area contributed by atoms with Gasteiger partial charge in [-0.25, -0.2) is 0 Å². The highest BCUT2D eigenvalue weighted by Gasteiger charge is 2.84. The van der Waals surface area contributed by atoms with Crippen molar-refractivity contribution in [1.82, 2.24) is 4.90 Å². The first kappa shape index (κ1) is 30.6. The van der Waals surface area contributed by atoms with E-state index >= 15 is 0 Å². The van der Waals surface area contributed by atoms with Crippen LogP contribution in [0.2, 0.25) is 0 Å². The van der Waals surface area contributed by atoms with Crippen molar-refractivity contribution in [3.63, 3.8) is 0 Å². The number of morpholine rings is 1. The fourth-order valence-electron chi connectivity index (χ4n) is 13.6. The summed E-state index contributed by atoms with van der Waals surface area (Å²) in [6.07, 6.45) is 8.67. The number of nitrogens with zero attached hydrogens (tertiary/aromatic N) is 1. The second kappa shape index (κ2) is 10.1. The highest BCUT2D eigenvalue weighted by molar-refractivity contribution is 5.65. The van der Waals surface area contributed by atoms with Crippen molar-refractivity contribution in [3.8, 4) is 0 Å². The van der Waals surface area contributed by atoms with Gasteiger partial charge in [0.1, 0.15) is 6.61 Å². The molecule has 5 saturated carbocycles. The predicted molar refractivity (Wildman–Crippen MR) is 164 cm³/mol. The Labute approximate surface area is 264 Å². The molecule has 3 saturated heterocycles. The van der Waals surface area contributed by atoms with Gasteiger partial charge in [0.25, 0.3) is 0 Å². The van der Waals surface area contributed by atoms with Crippen LogP contribution in [-0.4, -0.2) is 92.2 Å². The second-order valence-electron chi connectivity index (χ2n) is 17.6. The summed E-state index contributed by atoms with van der Waals surface area (Å²) in [5, 5.41) is 12.4. The van der Waals surface area contributed by atoms with Crippen molar-refractivity contribution in [3.05, 3.63) is 0 Å². The maximum Gasteiger partial charge on any atom is 0.302 e. The van der Waals surface area contributed by atoms with Crippen molar-refractivity contribution in [2.45, 2.75) is 130 Å². The van der Waals surface area contributed by atoms with Crippen LogP contribution in [0.3, 0.4) is 0 Å². The van der Waals surface area contributed by atoms with E-state index in [0.717, 1.165) is 45.8 Å². The van der Waals surface area contributed by atoms with E-state index in [1.165, 1.54) is 45.4 Å². The van der Waals surface area contributed by atoms with E-state index in [-0.39, 0.29) is 46.8 Å². The van der Waals surface area contributed by atoms with Crippen LogP contribution in [0.4, 0.5) is 0 Å². The summed E-state index contributed by atoms with van der Waals surface area (Å²) in [5.74, 6) is 1.66. The van der Waals surface area contributed by atoms with Crippen LogP contribution in [0.1, 0.15) is 92.9 Å². The van der Waals surface area contributed by atoms with Crippen molar-refractivity contribution in [2.24, 2.45) is 50.7 Å². The first-order valence-corrected chi connectivity index (χ1v) is 17.9. The zero-order valence-electron chi connectivity index (χ0n) is 28.0. The molecule has 0 aromatic carbocycles. The molecule has 0 amide bonds. The van der Waals surface area contributed by atoms with Crippen LogP contribution < -0.4 is 0 Å². The Morgan fingerprint density at radius 3 is 2.50 bits per heavy atom. The third-order valence-electron chi connectivity index (χ3n) is 15.8. The van der Waals surface area contributed by atoms with Crippen molar-refractivity contribution in [1.29, 1.82) is 0 Å². The van der Waals surface area contributed by atoms with Gasteiger partial charge < -0.3 is 28.8 Å². The molecule has 2 spiro atoms. The number of aliphatic hydroxyl groups is 1. The van der Waals surface area contributed by atoms with E-state index < -0.39 is 6.10 Å². The van der Waals surface area contributed by atoms with Crippen LogP contribution in [0.5, 0.6) is 0 Å². The molecule has 8 heteroatoms. The molecule has 3 aliphatic heterocycles. The Kier molecular flexibility index (Phi) is 7.03. The highest BCUT2D eigenvalue weighted by Crippen LogP contribution is 2.89. The Morgan fingerprint density at radius 2 is 1.77 bits per heavy atom. The second-order valence-corrected chi connectivity index (χ2v) is 17.6. The number of hydrogen-bond donors (Lipinski definition) is 1. The summed E-state index contributed by atoms with van der Waals surface area (Å²) in [5.41, 5.74) is 0.639. The number of esters is 1. The van der Waals surface area contributed by atoms with Gasteiger partial charge in [0.05, 0.1) is 56.8 Å².